The van der Waals surface area contributed by atoms with Gasteiger partial charge in [0.25, 0.3) is 5.91 Å². The van der Waals surface area contributed by atoms with E-state index in [0.717, 1.165) is 11.1 Å². The van der Waals surface area contributed by atoms with Gasteiger partial charge in [-0.15, -0.1) is 0 Å². The molecule has 7 heteroatoms. The summed E-state index contributed by atoms with van der Waals surface area (Å²) in [6, 6.07) is 18.0. The van der Waals surface area contributed by atoms with Crippen LogP contribution in [-0.2, 0) is 4.79 Å². The van der Waals surface area contributed by atoms with Crippen molar-refractivity contribution in [1.29, 1.82) is 0 Å². The van der Waals surface area contributed by atoms with Gasteiger partial charge in [0.05, 0.1) is 17.8 Å². The number of carbonyl (C=O) groups excluding carboxylic acids is 1. The van der Waals surface area contributed by atoms with E-state index >= 15 is 0 Å². The quantitative estimate of drug-likeness (QED) is 0.445. The molecule has 0 spiro atoms. The van der Waals surface area contributed by atoms with E-state index in [0.29, 0.717) is 39.2 Å². The van der Waals surface area contributed by atoms with Gasteiger partial charge >= 0.3 is 0 Å². The standard InChI is InChI=1S/C23H19ClN2O4/c1-14-3-10-19-21(11-14)30-23(26-19)15-4-9-18(24)20(12-15)25-22(27)13-29-17-7-5-16(28-2)6-8-17/h3-12H,13H2,1-2H3,(H,25,27). The van der Waals surface area contributed by atoms with Crippen LogP contribution in [0.1, 0.15) is 5.56 Å². The number of ether oxygens (including phenoxy) is 2. The number of hydrogen-bond acceptors (Lipinski definition) is 5. The third-order valence-electron chi connectivity index (χ3n) is 4.46. The molecule has 30 heavy (non-hydrogen) atoms. The maximum absolute atomic E-state index is 12.3. The Bertz CT molecular complexity index is 1200. The lowest BCUT2D eigenvalue weighted by atomic mass is 10.2. The van der Waals surface area contributed by atoms with Crippen molar-refractivity contribution in [3.63, 3.8) is 0 Å². The van der Waals surface area contributed by atoms with Crippen molar-refractivity contribution in [3.05, 3.63) is 71.2 Å². The molecule has 0 unspecified atom stereocenters. The molecule has 4 rings (SSSR count). The molecule has 6 nitrogen and oxygen atoms in total. The van der Waals surface area contributed by atoms with Crippen LogP contribution in [0.4, 0.5) is 5.69 Å². The molecule has 4 aromatic rings. The second-order valence-corrected chi connectivity index (χ2v) is 7.10. The van der Waals surface area contributed by atoms with Crippen molar-refractivity contribution in [3.8, 4) is 23.0 Å². The van der Waals surface area contributed by atoms with Gasteiger partial charge in [0, 0.05) is 5.56 Å². The fourth-order valence-corrected chi connectivity index (χ4v) is 3.08. The van der Waals surface area contributed by atoms with Crippen molar-refractivity contribution >= 4 is 34.3 Å². The number of aryl methyl sites for hydroxylation is 1. The van der Waals surface area contributed by atoms with Crippen LogP contribution >= 0.6 is 11.6 Å². The minimum atomic E-state index is -0.335. The van der Waals surface area contributed by atoms with Crippen LogP contribution in [0.5, 0.6) is 11.5 Å². The number of hydrogen-bond donors (Lipinski definition) is 1. The average Bonchev–Trinajstić information content (AvgIpc) is 3.17. The van der Waals surface area contributed by atoms with E-state index in [9.17, 15) is 4.79 Å². The lowest BCUT2D eigenvalue weighted by molar-refractivity contribution is -0.118. The number of carbonyl (C=O) groups is 1. The second-order valence-electron chi connectivity index (χ2n) is 6.70. The predicted molar refractivity (Wildman–Crippen MR) is 116 cm³/mol. The smallest absolute Gasteiger partial charge is 0.262 e. The normalized spacial score (nSPS) is 10.8. The van der Waals surface area contributed by atoms with Gasteiger partial charge in [0.15, 0.2) is 12.2 Å². The summed E-state index contributed by atoms with van der Waals surface area (Å²) in [6.07, 6.45) is 0. The Hall–Kier alpha value is -3.51. The Labute approximate surface area is 178 Å². The van der Waals surface area contributed by atoms with E-state index in [1.165, 1.54) is 0 Å². The number of nitrogens with one attached hydrogen (secondary N) is 1. The Kier molecular flexibility index (Phi) is 5.59. The van der Waals surface area contributed by atoms with Crippen LogP contribution in [0.2, 0.25) is 5.02 Å². The van der Waals surface area contributed by atoms with Gasteiger partial charge in [-0.05, 0) is 67.1 Å². The van der Waals surface area contributed by atoms with Crippen LogP contribution in [0.25, 0.3) is 22.6 Å². The second kappa shape index (κ2) is 8.47. The van der Waals surface area contributed by atoms with Crippen LogP contribution in [0.3, 0.4) is 0 Å². The number of nitrogens with zero attached hydrogens (tertiary/aromatic N) is 1. The van der Waals surface area contributed by atoms with Crippen LogP contribution in [0.15, 0.2) is 65.1 Å². The molecule has 0 aliphatic rings. The first-order valence-corrected chi connectivity index (χ1v) is 9.63. The molecule has 1 N–H and O–H groups in total. The molecule has 0 fully saturated rings. The number of aromatic nitrogens is 1. The molecule has 1 amide bonds. The maximum atomic E-state index is 12.3. The van der Waals surface area contributed by atoms with Crippen LogP contribution < -0.4 is 14.8 Å². The number of anilines is 1. The minimum Gasteiger partial charge on any atom is -0.497 e. The molecule has 0 atom stereocenters. The number of benzene rings is 3. The summed E-state index contributed by atoms with van der Waals surface area (Å²) in [7, 11) is 1.59. The molecule has 0 bridgehead atoms. The van der Waals surface area contributed by atoms with Crippen LogP contribution in [-0.4, -0.2) is 24.6 Å². The molecular formula is C23H19ClN2O4. The SMILES string of the molecule is COc1ccc(OCC(=O)Nc2cc(-c3nc4ccc(C)cc4o3)ccc2Cl)cc1. The first kappa shape index (κ1) is 19.8. The van der Waals surface area contributed by atoms with Gasteiger partial charge in [0.1, 0.15) is 17.0 Å². The monoisotopic (exact) mass is 422 g/mol. The number of rotatable bonds is 6. The highest BCUT2D eigenvalue weighted by atomic mass is 35.5. The maximum Gasteiger partial charge on any atom is 0.262 e. The summed E-state index contributed by atoms with van der Waals surface area (Å²) in [4.78, 5) is 16.8. The lowest BCUT2D eigenvalue weighted by Crippen LogP contribution is -2.20. The number of halogens is 1. The fraction of sp³-hybridized carbons (Fsp3) is 0.130. The van der Waals surface area contributed by atoms with Crippen molar-refractivity contribution in [2.24, 2.45) is 0 Å². The molecule has 0 aliphatic carbocycles. The highest BCUT2D eigenvalue weighted by molar-refractivity contribution is 6.33. The largest absolute Gasteiger partial charge is 0.497 e. The van der Waals surface area contributed by atoms with E-state index in [1.54, 1.807) is 49.6 Å². The van der Waals surface area contributed by atoms with Gasteiger partial charge in [-0.1, -0.05) is 17.7 Å². The molecular weight excluding hydrogens is 404 g/mol. The third-order valence-corrected chi connectivity index (χ3v) is 4.79. The Morgan fingerprint density at radius 3 is 2.60 bits per heavy atom. The van der Waals surface area contributed by atoms with Crippen molar-refractivity contribution < 1.29 is 18.7 Å². The summed E-state index contributed by atoms with van der Waals surface area (Å²) < 4.78 is 16.5. The summed E-state index contributed by atoms with van der Waals surface area (Å²) >= 11 is 6.26. The molecule has 0 radical (unpaired) electrons. The summed E-state index contributed by atoms with van der Waals surface area (Å²) in [6.45, 7) is 1.83. The molecule has 0 saturated carbocycles. The van der Waals surface area contributed by atoms with Gasteiger partial charge in [-0.3, -0.25) is 4.79 Å². The molecule has 1 aromatic heterocycles. The zero-order valence-corrected chi connectivity index (χ0v) is 17.2. The molecule has 152 valence electrons. The van der Waals surface area contributed by atoms with Gasteiger partial charge in [-0.2, -0.15) is 0 Å². The molecule has 0 aliphatic heterocycles. The number of amides is 1. The molecule has 3 aromatic carbocycles. The summed E-state index contributed by atoms with van der Waals surface area (Å²) in [5.41, 5.74) is 3.73. The highest BCUT2D eigenvalue weighted by Crippen LogP contribution is 2.30. The third kappa shape index (κ3) is 4.39. The van der Waals surface area contributed by atoms with E-state index in [2.05, 4.69) is 10.3 Å². The van der Waals surface area contributed by atoms with E-state index in [-0.39, 0.29) is 12.5 Å². The fourth-order valence-electron chi connectivity index (χ4n) is 2.92. The van der Waals surface area contributed by atoms with E-state index in [4.69, 9.17) is 25.5 Å². The van der Waals surface area contributed by atoms with E-state index < -0.39 is 0 Å². The molecule has 0 saturated heterocycles. The lowest BCUT2D eigenvalue weighted by Gasteiger charge is -2.10. The van der Waals surface area contributed by atoms with Crippen molar-refractivity contribution in [1.82, 2.24) is 4.98 Å². The summed E-state index contributed by atoms with van der Waals surface area (Å²) in [5, 5.41) is 3.17. The first-order valence-electron chi connectivity index (χ1n) is 9.25. The average molecular weight is 423 g/mol. The minimum absolute atomic E-state index is 0.158. The molecule has 1 heterocycles. The van der Waals surface area contributed by atoms with Gasteiger partial charge < -0.3 is 19.2 Å². The number of oxazole rings is 1. The van der Waals surface area contributed by atoms with Crippen LogP contribution in [0, 0.1) is 6.92 Å². The Balaban J connectivity index is 1.47. The van der Waals surface area contributed by atoms with Gasteiger partial charge in [0.2, 0.25) is 5.89 Å². The zero-order valence-electron chi connectivity index (χ0n) is 16.4. The zero-order chi connectivity index (χ0) is 21.1. The Morgan fingerprint density at radius 1 is 1.07 bits per heavy atom. The van der Waals surface area contributed by atoms with Gasteiger partial charge in [-0.25, -0.2) is 4.98 Å². The number of fused-ring (bicyclic) bond motifs is 1. The Morgan fingerprint density at radius 2 is 1.83 bits per heavy atom. The first-order chi connectivity index (χ1) is 14.5. The van der Waals surface area contributed by atoms with Crippen molar-refractivity contribution in [2.45, 2.75) is 6.92 Å². The van der Waals surface area contributed by atoms with E-state index in [1.807, 2.05) is 25.1 Å². The number of methoxy groups -OCH3 is 1. The highest BCUT2D eigenvalue weighted by Gasteiger charge is 2.13. The summed E-state index contributed by atoms with van der Waals surface area (Å²) in [5.74, 6) is 1.40. The topological polar surface area (TPSA) is 73.6 Å². The van der Waals surface area contributed by atoms with Crippen molar-refractivity contribution in [2.75, 3.05) is 19.0 Å². The predicted octanol–water partition coefficient (Wildman–Crippen LogP) is 5.48.